The fraction of sp³-hybridized carbons (Fsp3) is 1.00. The van der Waals surface area contributed by atoms with Crippen molar-refractivity contribution in [2.75, 3.05) is 24.7 Å². The van der Waals surface area contributed by atoms with Gasteiger partial charge in [-0.25, -0.2) is 0 Å². The first-order valence-electron chi connectivity index (χ1n) is 4.79. The molecule has 6 heteroatoms. The third kappa shape index (κ3) is 7.33. The molecule has 0 rings (SSSR count). The van der Waals surface area contributed by atoms with Gasteiger partial charge in [0, 0.05) is 0 Å². The Kier molecular flexibility index (Phi) is 9.93. The molecule has 0 aromatic carbocycles. The van der Waals surface area contributed by atoms with Crippen LogP contribution in [0.3, 0.4) is 0 Å². The summed E-state index contributed by atoms with van der Waals surface area (Å²) in [5, 5.41) is 0.961. The van der Waals surface area contributed by atoms with E-state index in [1.54, 1.807) is 0 Å². The van der Waals surface area contributed by atoms with Crippen molar-refractivity contribution in [3.63, 3.8) is 0 Å². The van der Waals surface area contributed by atoms with E-state index in [1.807, 2.05) is 25.6 Å². The number of hydrogen-bond acceptors (Lipinski definition) is 4. The summed E-state index contributed by atoms with van der Waals surface area (Å²) in [7, 11) is 0. The Morgan fingerprint density at radius 1 is 1.21 bits per heavy atom. The molecule has 0 spiro atoms. The van der Waals surface area contributed by atoms with Gasteiger partial charge in [0.05, 0.1) is 0 Å². The van der Waals surface area contributed by atoms with Crippen LogP contribution >= 0.6 is 18.0 Å². The number of rotatable bonds is 9. The SMILES string of the molecule is CCOP(=O)(OCC)[Se]CCSCC. The Morgan fingerprint density at radius 3 is 2.21 bits per heavy atom. The van der Waals surface area contributed by atoms with Gasteiger partial charge in [-0.3, -0.25) is 0 Å². The fourth-order valence-electron chi connectivity index (χ4n) is 0.780. The zero-order chi connectivity index (χ0) is 10.9. The summed E-state index contributed by atoms with van der Waals surface area (Å²) in [6, 6.07) is 0. The van der Waals surface area contributed by atoms with Gasteiger partial charge in [-0.2, -0.15) is 0 Å². The first kappa shape index (κ1) is 15.0. The number of thioether (sulfide) groups is 1. The minimum absolute atomic E-state index is 0.0266. The topological polar surface area (TPSA) is 35.5 Å². The predicted octanol–water partition coefficient (Wildman–Crippen LogP) is 3.04. The summed E-state index contributed by atoms with van der Waals surface area (Å²) in [5.41, 5.74) is 0. The molecule has 0 radical (unpaired) electrons. The Bertz CT molecular complexity index is 170. The van der Waals surface area contributed by atoms with Crippen LogP contribution in [-0.2, 0) is 13.6 Å². The molecule has 0 aliphatic rings. The average Bonchev–Trinajstić information content (AvgIpc) is 2.13. The molecule has 0 bridgehead atoms. The van der Waals surface area contributed by atoms with Crippen LogP contribution in [0, 0.1) is 0 Å². The van der Waals surface area contributed by atoms with E-state index in [0.717, 1.165) is 16.8 Å². The Morgan fingerprint density at radius 2 is 1.79 bits per heavy atom. The van der Waals surface area contributed by atoms with Crippen LogP contribution in [0.25, 0.3) is 0 Å². The molecule has 0 aliphatic carbocycles. The Hall–Kier alpha value is 1.02. The van der Waals surface area contributed by atoms with Crippen molar-refractivity contribution >= 4 is 32.6 Å². The molecule has 0 N–H and O–H groups in total. The van der Waals surface area contributed by atoms with Crippen molar-refractivity contribution in [3.8, 4) is 0 Å². The average molecular weight is 305 g/mol. The van der Waals surface area contributed by atoms with Gasteiger partial charge in [0.1, 0.15) is 0 Å². The van der Waals surface area contributed by atoms with Gasteiger partial charge in [-0.1, -0.05) is 0 Å². The first-order chi connectivity index (χ1) is 6.68. The van der Waals surface area contributed by atoms with E-state index in [9.17, 15) is 4.57 Å². The molecule has 0 saturated carbocycles. The Labute approximate surface area is 97.0 Å². The monoisotopic (exact) mass is 306 g/mol. The van der Waals surface area contributed by atoms with E-state index < -0.39 is 6.29 Å². The molecule has 0 aliphatic heterocycles. The third-order valence-electron chi connectivity index (χ3n) is 1.26. The first-order valence-corrected chi connectivity index (χ1v) is 10.9. The van der Waals surface area contributed by atoms with Crippen LogP contribution in [0.4, 0.5) is 0 Å². The van der Waals surface area contributed by atoms with Gasteiger partial charge >= 0.3 is 97.0 Å². The molecule has 0 unspecified atom stereocenters. The van der Waals surface area contributed by atoms with Crippen LogP contribution in [-0.4, -0.2) is 39.2 Å². The van der Waals surface area contributed by atoms with E-state index in [0.29, 0.717) is 13.2 Å². The molecule has 0 fully saturated rings. The second-order valence-electron chi connectivity index (χ2n) is 2.31. The third-order valence-corrected chi connectivity index (χ3v) is 9.28. The molecule has 0 saturated heterocycles. The normalized spacial score (nSPS) is 11.9. The van der Waals surface area contributed by atoms with Gasteiger partial charge in [-0.15, -0.1) is 0 Å². The summed E-state index contributed by atoms with van der Waals surface area (Å²) in [6.45, 7) is 6.77. The quantitative estimate of drug-likeness (QED) is 0.373. The van der Waals surface area contributed by atoms with Crippen LogP contribution in [0.1, 0.15) is 20.8 Å². The van der Waals surface area contributed by atoms with Crippen molar-refractivity contribution < 1.29 is 13.6 Å². The summed E-state index contributed by atoms with van der Waals surface area (Å²) < 4.78 is 22.4. The van der Waals surface area contributed by atoms with Crippen LogP contribution < -0.4 is 0 Å². The molecular formula is C8H19O3PSSe. The van der Waals surface area contributed by atoms with E-state index in [-0.39, 0.29) is 14.5 Å². The van der Waals surface area contributed by atoms with E-state index in [2.05, 4.69) is 6.92 Å². The summed E-state index contributed by atoms with van der Waals surface area (Å²) in [6.07, 6.45) is -2.71. The molecule has 86 valence electrons. The molecule has 14 heavy (non-hydrogen) atoms. The summed E-state index contributed by atoms with van der Waals surface area (Å²) >= 11 is 1.84. The maximum absolute atomic E-state index is 12.0. The molecular weight excluding hydrogens is 286 g/mol. The van der Waals surface area contributed by atoms with Gasteiger partial charge < -0.3 is 0 Å². The second-order valence-corrected chi connectivity index (χ2v) is 10.7. The van der Waals surface area contributed by atoms with Gasteiger partial charge in [0.2, 0.25) is 0 Å². The molecule has 0 aromatic heterocycles. The number of hydrogen-bond donors (Lipinski definition) is 0. The maximum atomic E-state index is 12.0. The Balaban J connectivity index is 3.78. The fourth-order valence-corrected chi connectivity index (χ4v) is 8.39. The minimum atomic E-state index is -2.71. The van der Waals surface area contributed by atoms with Crippen molar-refractivity contribution in [1.29, 1.82) is 0 Å². The predicted molar refractivity (Wildman–Crippen MR) is 64.4 cm³/mol. The van der Waals surface area contributed by atoms with Crippen LogP contribution in [0.2, 0.25) is 5.32 Å². The zero-order valence-corrected chi connectivity index (χ0v) is 12.4. The molecule has 0 atom stereocenters. The molecule has 0 heterocycles. The molecule has 0 aromatic rings. The van der Waals surface area contributed by atoms with Gasteiger partial charge in [0.15, 0.2) is 0 Å². The van der Waals surface area contributed by atoms with Crippen molar-refractivity contribution in [3.05, 3.63) is 0 Å². The van der Waals surface area contributed by atoms with Crippen molar-refractivity contribution in [1.82, 2.24) is 0 Å². The second kappa shape index (κ2) is 9.26. The van der Waals surface area contributed by atoms with E-state index in [4.69, 9.17) is 9.05 Å². The van der Waals surface area contributed by atoms with Crippen LogP contribution in [0.5, 0.6) is 0 Å². The standard InChI is InChI=1S/C8H19O3PSSe/c1-4-10-12(9,11-5-2)14-8-7-13-6-3/h4-8H2,1-3H3. The van der Waals surface area contributed by atoms with Gasteiger partial charge in [-0.05, 0) is 0 Å². The zero-order valence-electron chi connectivity index (χ0n) is 9.02. The van der Waals surface area contributed by atoms with Gasteiger partial charge in [0.25, 0.3) is 0 Å². The molecule has 3 nitrogen and oxygen atoms in total. The molecule has 0 amide bonds. The van der Waals surface area contributed by atoms with E-state index in [1.165, 1.54) is 0 Å². The van der Waals surface area contributed by atoms with Crippen molar-refractivity contribution in [2.45, 2.75) is 26.1 Å². The summed E-state index contributed by atoms with van der Waals surface area (Å²) in [5.74, 6) is 2.17. The van der Waals surface area contributed by atoms with Crippen molar-refractivity contribution in [2.24, 2.45) is 0 Å². The summed E-state index contributed by atoms with van der Waals surface area (Å²) in [4.78, 5) is 0. The van der Waals surface area contributed by atoms with Crippen LogP contribution in [0.15, 0.2) is 0 Å². The van der Waals surface area contributed by atoms with E-state index >= 15 is 0 Å².